The van der Waals surface area contributed by atoms with Gasteiger partial charge in [0, 0.05) is 59.2 Å². The molecule has 0 spiro atoms. The summed E-state index contributed by atoms with van der Waals surface area (Å²) in [5, 5.41) is 16.5. The van der Waals surface area contributed by atoms with Crippen molar-refractivity contribution < 1.29 is 19.8 Å². The van der Waals surface area contributed by atoms with E-state index in [4.69, 9.17) is 21.8 Å². The fraction of sp³-hybridized carbons (Fsp3) is 0.304. The Morgan fingerprint density at radius 2 is 1.65 bits per heavy atom. The number of likely N-dealkylation sites (N-methyl/N-ethyl adjacent to an activating group) is 1. The quantitative estimate of drug-likeness (QED) is 0.669. The second-order valence-corrected chi connectivity index (χ2v) is 8.98. The second-order valence-electron chi connectivity index (χ2n) is 7.46. The van der Waals surface area contributed by atoms with Gasteiger partial charge in [-0.25, -0.2) is 9.59 Å². The van der Waals surface area contributed by atoms with Crippen molar-refractivity contribution in [1.29, 1.82) is 0 Å². The van der Waals surface area contributed by atoms with Crippen LogP contribution in [0, 0.1) is 0 Å². The fourth-order valence-corrected chi connectivity index (χ4v) is 5.09. The average Bonchev–Trinajstić information content (AvgIpc) is 2.89. The molecule has 1 atom stereocenters. The lowest BCUT2D eigenvalue weighted by Crippen LogP contribution is -2.46. The van der Waals surface area contributed by atoms with Crippen LogP contribution in [0.25, 0.3) is 0 Å². The highest BCUT2D eigenvalue weighted by Gasteiger charge is 2.29. The molecular weight excluding hydrogens is 436 g/mol. The zero-order valence-corrected chi connectivity index (χ0v) is 18.8. The Labute approximate surface area is 191 Å². The summed E-state index contributed by atoms with van der Waals surface area (Å²) in [6, 6.07) is 15.7. The molecule has 2 N–H and O–H groups in total. The van der Waals surface area contributed by atoms with Crippen LogP contribution in [0.5, 0.6) is 0 Å². The van der Waals surface area contributed by atoms with Crippen molar-refractivity contribution in [1.82, 2.24) is 9.80 Å². The van der Waals surface area contributed by atoms with Crippen LogP contribution in [0.1, 0.15) is 17.2 Å². The van der Waals surface area contributed by atoms with Gasteiger partial charge in [-0.05, 0) is 42.8 Å². The van der Waals surface area contributed by atoms with Crippen molar-refractivity contribution >= 4 is 35.3 Å². The standard InChI is InChI=1S/C19H21ClN2S.C4H4O4/c1-21-8-10-22(11-9-21)17-12-14-4-2-3-5-18(14)23-19-13-15(20)6-7-16(17)19;5-3(6)1-2-4(7)8/h2-7,13,17H,8-12H2,1H3;1-2H,(H,5,6)(H,7,8)/b;2-1-. The van der Waals surface area contributed by atoms with E-state index >= 15 is 0 Å². The number of carbonyl (C=O) groups is 2. The van der Waals surface area contributed by atoms with E-state index in [2.05, 4.69) is 53.2 Å². The Hall–Kier alpha value is -2.32. The van der Waals surface area contributed by atoms with Gasteiger partial charge < -0.3 is 15.1 Å². The normalized spacial score (nSPS) is 19.0. The Morgan fingerprint density at radius 1 is 1.00 bits per heavy atom. The zero-order valence-electron chi connectivity index (χ0n) is 17.2. The van der Waals surface area contributed by atoms with Gasteiger partial charge in [-0.15, -0.1) is 0 Å². The van der Waals surface area contributed by atoms with E-state index in [1.807, 2.05) is 17.8 Å². The van der Waals surface area contributed by atoms with E-state index in [1.54, 1.807) is 0 Å². The molecule has 4 rings (SSSR count). The number of fused-ring (bicyclic) bond motifs is 2. The van der Waals surface area contributed by atoms with E-state index in [-0.39, 0.29) is 0 Å². The zero-order chi connectivity index (χ0) is 22.4. The third-order valence-electron chi connectivity index (χ3n) is 5.29. The van der Waals surface area contributed by atoms with Crippen molar-refractivity contribution in [2.45, 2.75) is 22.3 Å². The SMILES string of the molecule is CN1CCN(C2Cc3ccccc3Sc3cc(Cl)ccc32)CC1.O=C(O)/C=C\C(=O)O. The number of halogens is 1. The number of hydrogen-bond acceptors (Lipinski definition) is 5. The molecule has 0 saturated carbocycles. The van der Waals surface area contributed by atoms with Crippen LogP contribution < -0.4 is 0 Å². The molecule has 1 unspecified atom stereocenters. The number of hydrogen-bond donors (Lipinski definition) is 2. The van der Waals surface area contributed by atoms with E-state index in [9.17, 15) is 9.59 Å². The third kappa shape index (κ3) is 6.58. The van der Waals surface area contributed by atoms with E-state index < -0.39 is 11.9 Å². The minimum atomic E-state index is -1.26. The molecule has 1 saturated heterocycles. The number of piperazine rings is 1. The summed E-state index contributed by atoms with van der Waals surface area (Å²) in [7, 11) is 2.21. The van der Waals surface area contributed by atoms with Gasteiger partial charge in [-0.1, -0.05) is 47.6 Å². The molecule has 0 amide bonds. The summed E-state index contributed by atoms with van der Waals surface area (Å²) < 4.78 is 0. The summed E-state index contributed by atoms with van der Waals surface area (Å²) in [6.07, 6.45) is 2.20. The predicted molar refractivity (Wildman–Crippen MR) is 122 cm³/mol. The van der Waals surface area contributed by atoms with Crippen molar-refractivity contribution in [3.63, 3.8) is 0 Å². The number of nitrogens with zero attached hydrogens (tertiary/aromatic N) is 2. The monoisotopic (exact) mass is 460 g/mol. The first-order valence-electron chi connectivity index (χ1n) is 9.95. The van der Waals surface area contributed by atoms with Crippen LogP contribution in [-0.4, -0.2) is 65.2 Å². The molecule has 2 heterocycles. The maximum Gasteiger partial charge on any atom is 0.328 e. The highest BCUT2D eigenvalue weighted by atomic mass is 35.5. The molecule has 2 aromatic carbocycles. The molecular formula is C23H25ClN2O4S. The van der Waals surface area contributed by atoms with Crippen LogP contribution in [0.3, 0.4) is 0 Å². The third-order valence-corrected chi connectivity index (χ3v) is 6.71. The number of carboxylic acids is 2. The maximum absolute atomic E-state index is 9.55. The summed E-state index contributed by atoms with van der Waals surface area (Å²) in [6.45, 7) is 4.56. The molecule has 0 aromatic heterocycles. The smallest absolute Gasteiger partial charge is 0.328 e. The Bertz CT molecular complexity index is 958. The van der Waals surface area contributed by atoms with Gasteiger partial charge in [0.25, 0.3) is 0 Å². The number of rotatable bonds is 3. The van der Waals surface area contributed by atoms with Crippen LogP contribution in [0.15, 0.2) is 64.4 Å². The van der Waals surface area contributed by atoms with Crippen LogP contribution >= 0.6 is 23.4 Å². The van der Waals surface area contributed by atoms with Crippen LogP contribution in [-0.2, 0) is 16.0 Å². The number of carboxylic acid groups (broad SMARTS) is 2. The summed E-state index contributed by atoms with van der Waals surface area (Å²) >= 11 is 8.14. The van der Waals surface area contributed by atoms with Gasteiger partial charge in [0.15, 0.2) is 0 Å². The van der Waals surface area contributed by atoms with Gasteiger partial charge in [0.1, 0.15) is 0 Å². The largest absolute Gasteiger partial charge is 0.478 e. The van der Waals surface area contributed by atoms with Crippen molar-refractivity contribution in [2.75, 3.05) is 33.2 Å². The van der Waals surface area contributed by atoms with Gasteiger partial charge in [-0.2, -0.15) is 0 Å². The predicted octanol–water partition coefficient (Wildman–Crippen LogP) is 4.05. The van der Waals surface area contributed by atoms with E-state index in [0.717, 1.165) is 37.6 Å². The molecule has 6 nitrogen and oxygen atoms in total. The highest BCUT2D eigenvalue weighted by Crippen LogP contribution is 2.43. The summed E-state index contributed by atoms with van der Waals surface area (Å²) in [5.74, 6) is -2.51. The first-order chi connectivity index (χ1) is 14.8. The Balaban J connectivity index is 0.000000293. The average molecular weight is 461 g/mol. The molecule has 8 heteroatoms. The Kier molecular flexibility index (Phi) is 8.15. The fourth-order valence-electron chi connectivity index (χ4n) is 3.68. The number of aliphatic carboxylic acids is 2. The van der Waals surface area contributed by atoms with Crippen LogP contribution in [0.2, 0.25) is 5.02 Å². The first kappa shape index (κ1) is 23.3. The molecule has 164 valence electrons. The van der Waals surface area contributed by atoms with Crippen molar-refractivity contribution in [2.24, 2.45) is 0 Å². The molecule has 2 aliphatic rings. The molecule has 31 heavy (non-hydrogen) atoms. The van der Waals surface area contributed by atoms with E-state index in [1.165, 1.54) is 20.9 Å². The second kappa shape index (κ2) is 10.8. The minimum Gasteiger partial charge on any atom is -0.478 e. The number of benzene rings is 2. The highest BCUT2D eigenvalue weighted by molar-refractivity contribution is 7.99. The van der Waals surface area contributed by atoms with Gasteiger partial charge in [0.2, 0.25) is 0 Å². The molecule has 2 aliphatic heterocycles. The topological polar surface area (TPSA) is 81.1 Å². The molecule has 2 aromatic rings. The van der Waals surface area contributed by atoms with Crippen molar-refractivity contribution in [3.8, 4) is 0 Å². The minimum absolute atomic E-state index is 0.451. The van der Waals surface area contributed by atoms with Gasteiger partial charge in [0.05, 0.1) is 0 Å². The van der Waals surface area contributed by atoms with Crippen molar-refractivity contribution in [3.05, 3.63) is 70.8 Å². The molecule has 1 fully saturated rings. The van der Waals surface area contributed by atoms with Crippen LogP contribution in [0.4, 0.5) is 0 Å². The molecule has 0 bridgehead atoms. The lowest BCUT2D eigenvalue weighted by Gasteiger charge is -2.38. The Morgan fingerprint density at radius 3 is 2.29 bits per heavy atom. The van der Waals surface area contributed by atoms with Gasteiger partial charge in [-0.3, -0.25) is 4.90 Å². The summed E-state index contributed by atoms with van der Waals surface area (Å²) in [4.78, 5) is 26.9. The molecule has 0 aliphatic carbocycles. The maximum atomic E-state index is 9.55. The lowest BCUT2D eigenvalue weighted by molar-refractivity contribution is -0.134. The van der Waals surface area contributed by atoms with E-state index in [0.29, 0.717) is 18.2 Å². The first-order valence-corrected chi connectivity index (χ1v) is 11.1. The lowest BCUT2D eigenvalue weighted by atomic mass is 9.96. The molecule has 0 radical (unpaired) electrons. The summed E-state index contributed by atoms with van der Waals surface area (Å²) in [5.41, 5.74) is 2.88. The van der Waals surface area contributed by atoms with Gasteiger partial charge >= 0.3 is 11.9 Å².